The second kappa shape index (κ2) is 3.27. The van der Waals surface area contributed by atoms with E-state index in [-0.39, 0.29) is 11.3 Å². The van der Waals surface area contributed by atoms with Gasteiger partial charge in [-0.15, -0.1) is 0 Å². The maximum absolute atomic E-state index is 12.8. The number of hydrogen-bond acceptors (Lipinski definition) is 3. The number of nitrogens with zero attached hydrogens (tertiary/aromatic N) is 1. The van der Waals surface area contributed by atoms with Crippen LogP contribution in [0.5, 0.6) is 0 Å². The summed E-state index contributed by atoms with van der Waals surface area (Å²) in [6.07, 6.45) is 4.52. The van der Waals surface area contributed by atoms with E-state index in [1.54, 1.807) is 0 Å². The number of hydrogen-bond donors (Lipinski definition) is 1. The van der Waals surface area contributed by atoms with Crippen molar-refractivity contribution < 1.29 is 19.1 Å². The van der Waals surface area contributed by atoms with Gasteiger partial charge in [-0.2, -0.15) is 0 Å². The first-order valence-corrected chi connectivity index (χ1v) is 4.20. The molecule has 0 saturated carbocycles. The number of carbonyl (C=O) groups excluding carboxylic acids is 1. The number of carboxylic acid groups (broad SMARTS) is 1. The molecule has 76 valence electrons. The molecule has 0 saturated heterocycles. The van der Waals surface area contributed by atoms with Crippen molar-refractivity contribution in [2.24, 2.45) is 10.9 Å². The van der Waals surface area contributed by atoms with Crippen LogP contribution < -0.4 is 0 Å². The fourth-order valence-corrected chi connectivity index (χ4v) is 1.44. The van der Waals surface area contributed by atoms with E-state index in [2.05, 4.69) is 4.99 Å². The maximum Gasteiger partial charge on any atom is 0.340 e. The largest absolute Gasteiger partial charge is 0.478 e. The van der Waals surface area contributed by atoms with Crippen LogP contribution in [0.2, 0.25) is 0 Å². The van der Waals surface area contributed by atoms with Crippen LogP contribution in [0.15, 0.2) is 40.8 Å². The number of aliphatic imine (C=N–C) groups is 1. The lowest BCUT2D eigenvalue weighted by Crippen LogP contribution is -2.29. The third-order valence-corrected chi connectivity index (χ3v) is 2.17. The number of fused-ring (bicyclic) bond motifs is 1. The van der Waals surface area contributed by atoms with Gasteiger partial charge in [0.25, 0.3) is 0 Å². The molecule has 1 aliphatic carbocycles. The summed E-state index contributed by atoms with van der Waals surface area (Å²) >= 11 is 0. The Kier molecular flexibility index (Phi) is 2.07. The molecule has 1 unspecified atom stereocenters. The summed E-state index contributed by atoms with van der Waals surface area (Å²) in [6.45, 7) is 0. The van der Waals surface area contributed by atoms with Crippen molar-refractivity contribution in [3.63, 3.8) is 0 Å². The molecule has 1 atom stereocenters. The van der Waals surface area contributed by atoms with E-state index < -0.39 is 23.5 Å². The quantitative estimate of drug-likeness (QED) is 0.652. The van der Waals surface area contributed by atoms with E-state index in [0.717, 1.165) is 18.4 Å². The summed E-state index contributed by atoms with van der Waals surface area (Å²) in [6, 6.07) is 0. The zero-order valence-electron chi connectivity index (χ0n) is 7.48. The summed E-state index contributed by atoms with van der Waals surface area (Å²) in [7, 11) is 0. The standard InChI is InChI=1S/C10H6FNO3/c11-5-1-2-6-8(3-5)12-4-7(9(6)13)10(14)15/h1-4,6H,(H,14,15). The van der Waals surface area contributed by atoms with Gasteiger partial charge >= 0.3 is 5.97 Å². The first-order chi connectivity index (χ1) is 7.09. The molecule has 2 rings (SSSR count). The minimum atomic E-state index is -1.31. The van der Waals surface area contributed by atoms with E-state index in [9.17, 15) is 14.0 Å². The van der Waals surface area contributed by atoms with E-state index in [0.29, 0.717) is 0 Å². The van der Waals surface area contributed by atoms with Crippen LogP contribution in [-0.2, 0) is 9.59 Å². The summed E-state index contributed by atoms with van der Waals surface area (Å²) in [5.41, 5.74) is -0.130. The molecule has 2 aliphatic rings. The number of Topliss-reactive ketones (excluding diaryl/α,β-unsaturated/α-hetero) is 1. The zero-order chi connectivity index (χ0) is 11.0. The van der Waals surface area contributed by atoms with Crippen LogP contribution >= 0.6 is 0 Å². The van der Waals surface area contributed by atoms with Crippen molar-refractivity contribution in [3.8, 4) is 0 Å². The minimum Gasteiger partial charge on any atom is -0.478 e. The molecular weight excluding hydrogens is 201 g/mol. The Morgan fingerprint density at radius 3 is 2.93 bits per heavy atom. The number of allylic oxidation sites excluding steroid dienone is 4. The average Bonchev–Trinajstić information content (AvgIpc) is 2.17. The molecule has 0 fully saturated rings. The van der Waals surface area contributed by atoms with Gasteiger partial charge in [-0.25, -0.2) is 9.18 Å². The maximum atomic E-state index is 12.8. The Labute approximate surface area is 84.1 Å². The van der Waals surface area contributed by atoms with Gasteiger partial charge in [-0.05, 0) is 12.2 Å². The fraction of sp³-hybridized carbons (Fsp3) is 0.100. The van der Waals surface area contributed by atoms with Gasteiger partial charge in [-0.1, -0.05) is 6.08 Å². The van der Waals surface area contributed by atoms with Crippen LogP contribution in [0, 0.1) is 5.92 Å². The van der Waals surface area contributed by atoms with Gasteiger partial charge in [0.2, 0.25) is 0 Å². The molecule has 1 N–H and O–H groups in total. The fourth-order valence-electron chi connectivity index (χ4n) is 1.44. The Hall–Kier alpha value is -2.04. The molecule has 0 radical (unpaired) electrons. The normalized spacial score (nSPS) is 23.9. The van der Waals surface area contributed by atoms with Gasteiger partial charge in [-0.3, -0.25) is 9.79 Å². The molecule has 1 heterocycles. The first-order valence-electron chi connectivity index (χ1n) is 4.20. The highest BCUT2D eigenvalue weighted by Gasteiger charge is 2.32. The minimum absolute atomic E-state index is 0.241. The average molecular weight is 207 g/mol. The van der Waals surface area contributed by atoms with Crippen LogP contribution in [0.4, 0.5) is 4.39 Å². The lowest BCUT2D eigenvalue weighted by molar-refractivity contribution is -0.134. The highest BCUT2D eigenvalue weighted by Crippen LogP contribution is 2.23. The van der Waals surface area contributed by atoms with E-state index in [1.807, 2.05) is 0 Å². The van der Waals surface area contributed by atoms with Gasteiger partial charge < -0.3 is 5.11 Å². The van der Waals surface area contributed by atoms with Crippen LogP contribution in [0.25, 0.3) is 0 Å². The lowest BCUT2D eigenvalue weighted by Gasteiger charge is -2.18. The monoisotopic (exact) mass is 207 g/mol. The van der Waals surface area contributed by atoms with Crippen LogP contribution in [-0.4, -0.2) is 22.6 Å². The molecule has 1 aliphatic heterocycles. The molecule has 0 aromatic carbocycles. The Bertz CT molecular complexity index is 471. The van der Waals surface area contributed by atoms with Crippen molar-refractivity contribution in [2.75, 3.05) is 0 Å². The molecule has 15 heavy (non-hydrogen) atoms. The first kappa shape index (κ1) is 9.51. The van der Waals surface area contributed by atoms with Gasteiger partial charge in [0.05, 0.1) is 11.6 Å². The van der Waals surface area contributed by atoms with Crippen molar-refractivity contribution in [3.05, 3.63) is 35.8 Å². The molecule has 0 aromatic heterocycles. The van der Waals surface area contributed by atoms with Gasteiger partial charge in [0, 0.05) is 6.20 Å². The number of halogens is 1. The van der Waals surface area contributed by atoms with E-state index in [4.69, 9.17) is 5.11 Å². The molecular formula is C10H6FNO3. The molecule has 0 aromatic rings. The third-order valence-electron chi connectivity index (χ3n) is 2.17. The van der Waals surface area contributed by atoms with Crippen molar-refractivity contribution in [1.29, 1.82) is 0 Å². The SMILES string of the molecule is O=C(O)C1=CN=C2C=C(F)C=CC2C1=O. The predicted molar refractivity (Wildman–Crippen MR) is 50.0 cm³/mol. The molecule has 0 amide bonds. The Morgan fingerprint density at radius 1 is 1.53 bits per heavy atom. The zero-order valence-corrected chi connectivity index (χ0v) is 7.48. The smallest absolute Gasteiger partial charge is 0.340 e. The number of rotatable bonds is 1. The second-order valence-corrected chi connectivity index (χ2v) is 3.13. The number of carbonyl (C=O) groups is 2. The predicted octanol–water partition coefficient (Wildman–Crippen LogP) is 1.02. The van der Waals surface area contributed by atoms with Crippen LogP contribution in [0.1, 0.15) is 0 Å². The molecule has 5 heteroatoms. The highest BCUT2D eigenvalue weighted by molar-refractivity contribution is 6.28. The Balaban J connectivity index is 2.45. The van der Waals surface area contributed by atoms with E-state index >= 15 is 0 Å². The molecule has 4 nitrogen and oxygen atoms in total. The molecule has 0 bridgehead atoms. The van der Waals surface area contributed by atoms with Crippen molar-refractivity contribution in [1.82, 2.24) is 0 Å². The van der Waals surface area contributed by atoms with Gasteiger partial charge in [0.15, 0.2) is 5.78 Å². The Morgan fingerprint density at radius 2 is 2.27 bits per heavy atom. The highest BCUT2D eigenvalue weighted by atomic mass is 19.1. The third kappa shape index (κ3) is 1.52. The topological polar surface area (TPSA) is 66.7 Å². The summed E-state index contributed by atoms with van der Waals surface area (Å²) in [5.74, 6) is -3.13. The number of carboxylic acids is 1. The number of aliphatic carboxylic acids is 1. The van der Waals surface area contributed by atoms with Gasteiger partial charge in [0.1, 0.15) is 11.4 Å². The van der Waals surface area contributed by atoms with Crippen molar-refractivity contribution in [2.45, 2.75) is 0 Å². The number of ketones is 1. The van der Waals surface area contributed by atoms with Crippen LogP contribution in [0.3, 0.4) is 0 Å². The lowest BCUT2D eigenvalue weighted by atomic mass is 9.88. The summed E-state index contributed by atoms with van der Waals surface area (Å²) in [4.78, 5) is 25.9. The van der Waals surface area contributed by atoms with Crippen molar-refractivity contribution >= 4 is 17.5 Å². The van der Waals surface area contributed by atoms with E-state index in [1.165, 1.54) is 6.08 Å². The summed E-state index contributed by atoms with van der Waals surface area (Å²) < 4.78 is 12.8. The second-order valence-electron chi connectivity index (χ2n) is 3.13. The molecule has 0 spiro atoms. The summed E-state index contributed by atoms with van der Waals surface area (Å²) in [5, 5.41) is 8.68.